The summed E-state index contributed by atoms with van der Waals surface area (Å²) >= 11 is 4.10. The van der Waals surface area contributed by atoms with Gasteiger partial charge in [-0.2, -0.15) is 38.1 Å². The van der Waals surface area contributed by atoms with Crippen molar-refractivity contribution in [1.82, 2.24) is 19.6 Å². The van der Waals surface area contributed by atoms with Gasteiger partial charge in [0, 0.05) is 40.3 Å². The van der Waals surface area contributed by atoms with Crippen molar-refractivity contribution in [1.29, 1.82) is 0 Å². The maximum atomic E-state index is 4.43. The molecular formula is C12H17N5S2. The molecule has 1 atom stereocenters. The Kier molecular flexibility index (Phi) is 3.83. The lowest BCUT2D eigenvalue weighted by Gasteiger charge is -2.22. The molecule has 1 aliphatic heterocycles. The molecule has 19 heavy (non-hydrogen) atoms. The van der Waals surface area contributed by atoms with Crippen LogP contribution in [0, 0.1) is 13.8 Å². The van der Waals surface area contributed by atoms with Gasteiger partial charge in [0.1, 0.15) is 12.1 Å². The van der Waals surface area contributed by atoms with Crippen LogP contribution < -0.4 is 5.32 Å². The van der Waals surface area contributed by atoms with Crippen LogP contribution in [-0.4, -0.2) is 48.6 Å². The molecule has 7 heteroatoms. The third-order valence-corrected chi connectivity index (χ3v) is 6.13. The van der Waals surface area contributed by atoms with Gasteiger partial charge in [0.2, 0.25) is 0 Å². The first kappa shape index (κ1) is 13.1. The molecule has 1 aliphatic rings. The van der Waals surface area contributed by atoms with E-state index in [1.165, 1.54) is 17.3 Å². The molecule has 2 aromatic rings. The summed E-state index contributed by atoms with van der Waals surface area (Å²) in [6.45, 7) is 5.06. The van der Waals surface area contributed by atoms with E-state index in [1.54, 1.807) is 10.8 Å². The molecule has 1 fully saturated rings. The van der Waals surface area contributed by atoms with Gasteiger partial charge < -0.3 is 5.32 Å². The summed E-state index contributed by atoms with van der Waals surface area (Å²) in [4.78, 5) is 8.60. The fourth-order valence-corrected chi connectivity index (χ4v) is 4.72. The molecule has 102 valence electrons. The van der Waals surface area contributed by atoms with Gasteiger partial charge in [-0.25, -0.2) is 4.98 Å². The van der Waals surface area contributed by atoms with E-state index in [4.69, 9.17) is 0 Å². The fourth-order valence-electron chi connectivity index (χ4n) is 2.11. The summed E-state index contributed by atoms with van der Waals surface area (Å²) < 4.78 is 1.79. The van der Waals surface area contributed by atoms with Crippen molar-refractivity contribution in [2.75, 3.05) is 29.1 Å². The molecule has 0 bridgehead atoms. The van der Waals surface area contributed by atoms with Gasteiger partial charge in [-0.05, 0) is 13.8 Å². The van der Waals surface area contributed by atoms with Gasteiger partial charge in [-0.3, -0.25) is 0 Å². The van der Waals surface area contributed by atoms with Crippen LogP contribution >= 0.6 is 23.5 Å². The molecule has 3 heterocycles. The van der Waals surface area contributed by atoms with E-state index in [0.717, 1.165) is 23.6 Å². The van der Waals surface area contributed by atoms with Crippen molar-refractivity contribution in [2.24, 2.45) is 0 Å². The average molecular weight is 295 g/mol. The van der Waals surface area contributed by atoms with Crippen LogP contribution in [0.4, 0.5) is 5.82 Å². The minimum atomic E-state index is 0.663. The number of nitrogens with zero attached hydrogens (tertiary/aromatic N) is 4. The standard InChI is InChI=1S/C12H17N5S2/c1-8-9(2)16-12-14-7-15-17(12)11(8)13-5-10-6-18-3-4-19-10/h7,10,13H,3-6H2,1-2H3. The van der Waals surface area contributed by atoms with Gasteiger partial charge in [-0.1, -0.05) is 0 Å². The van der Waals surface area contributed by atoms with E-state index in [-0.39, 0.29) is 0 Å². The summed E-state index contributed by atoms with van der Waals surface area (Å²) in [6, 6.07) is 0. The van der Waals surface area contributed by atoms with Gasteiger partial charge in [0.05, 0.1) is 0 Å². The quantitative estimate of drug-likeness (QED) is 0.935. The molecule has 3 rings (SSSR count). The molecule has 1 saturated heterocycles. The minimum absolute atomic E-state index is 0.663. The third kappa shape index (κ3) is 2.67. The minimum Gasteiger partial charge on any atom is -0.368 e. The van der Waals surface area contributed by atoms with Crippen molar-refractivity contribution in [3.05, 3.63) is 17.6 Å². The highest BCUT2D eigenvalue weighted by Crippen LogP contribution is 2.25. The summed E-state index contributed by atoms with van der Waals surface area (Å²) in [5.74, 6) is 5.44. The maximum absolute atomic E-state index is 4.43. The number of aryl methyl sites for hydroxylation is 1. The Labute approximate surface area is 121 Å². The van der Waals surface area contributed by atoms with Crippen LogP contribution in [0.5, 0.6) is 0 Å². The number of anilines is 1. The topological polar surface area (TPSA) is 55.1 Å². The third-order valence-electron chi connectivity index (χ3n) is 3.29. The molecule has 1 unspecified atom stereocenters. The van der Waals surface area contributed by atoms with Crippen molar-refractivity contribution < 1.29 is 0 Å². The summed E-state index contributed by atoms with van der Waals surface area (Å²) in [5.41, 5.74) is 2.15. The highest BCUT2D eigenvalue weighted by Gasteiger charge is 2.16. The lowest BCUT2D eigenvalue weighted by Crippen LogP contribution is -2.24. The molecule has 5 nitrogen and oxygen atoms in total. The number of aromatic nitrogens is 4. The Balaban J connectivity index is 1.82. The summed E-state index contributed by atoms with van der Waals surface area (Å²) in [5, 5.41) is 8.46. The summed E-state index contributed by atoms with van der Waals surface area (Å²) in [7, 11) is 0. The Morgan fingerprint density at radius 1 is 1.42 bits per heavy atom. The second-order valence-corrected chi connectivity index (χ2v) is 7.15. The van der Waals surface area contributed by atoms with E-state index in [1.807, 2.05) is 18.7 Å². The fraction of sp³-hybridized carbons (Fsp3) is 0.583. The van der Waals surface area contributed by atoms with Crippen LogP contribution in [0.25, 0.3) is 5.78 Å². The number of nitrogens with one attached hydrogen (secondary N) is 1. The molecule has 0 aliphatic carbocycles. The van der Waals surface area contributed by atoms with E-state index in [0.29, 0.717) is 11.0 Å². The predicted octanol–water partition coefficient (Wildman–Crippen LogP) is 2.00. The smallest absolute Gasteiger partial charge is 0.254 e. The first-order valence-corrected chi connectivity index (χ1v) is 8.56. The van der Waals surface area contributed by atoms with Crippen LogP contribution in [0.15, 0.2) is 6.33 Å². The number of thioether (sulfide) groups is 2. The number of hydrogen-bond donors (Lipinski definition) is 1. The monoisotopic (exact) mass is 295 g/mol. The van der Waals surface area contributed by atoms with Crippen molar-refractivity contribution in [2.45, 2.75) is 19.1 Å². The number of hydrogen-bond acceptors (Lipinski definition) is 6. The van der Waals surface area contributed by atoms with Gasteiger partial charge in [-0.15, -0.1) is 0 Å². The zero-order valence-corrected chi connectivity index (χ0v) is 12.7. The predicted molar refractivity (Wildman–Crippen MR) is 82.3 cm³/mol. The van der Waals surface area contributed by atoms with Crippen LogP contribution in [0.1, 0.15) is 11.3 Å². The van der Waals surface area contributed by atoms with Crippen molar-refractivity contribution >= 4 is 35.1 Å². The van der Waals surface area contributed by atoms with E-state index < -0.39 is 0 Å². The summed E-state index contributed by atoms with van der Waals surface area (Å²) in [6.07, 6.45) is 1.55. The molecule has 0 aromatic carbocycles. The maximum Gasteiger partial charge on any atom is 0.254 e. The highest BCUT2D eigenvalue weighted by atomic mass is 32.2. The highest BCUT2D eigenvalue weighted by molar-refractivity contribution is 8.06. The molecule has 1 N–H and O–H groups in total. The normalized spacial score (nSPS) is 19.8. The lowest BCUT2D eigenvalue weighted by molar-refractivity contribution is 0.892. The second-order valence-electron chi connectivity index (χ2n) is 4.59. The molecule has 0 saturated carbocycles. The van der Waals surface area contributed by atoms with Crippen LogP contribution in [-0.2, 0) is 0 Å². The first-order valence-electron chi connectivity index (χ1n) is 6.36. The largest absolute Gasteiger partial charge is 0.368 e. The van der Waals surface area contributed by atoms with Gasteiger partial charge in [0.25, 0.3) is 5.78 Å². The molecule has 2 aromatic heterocycles. The van der Waals surface area contributed by atoms with E-state index in [2.05, 4.69) is 39.1 Å². The zero-order chi connectivity index (χ0) is 13.2. The Morgan fingerprint density at radius 3 is 3.11 bits per heavy atom. The Hall–Kier alpha value is -0.950. The van der Waals surface area contributed by atoms with E-state index in [9.17, 15) is 0 Å². The first-order chi connectivity index (χ1) is 9.25. The van der Waals surface area contributed by atoms with Crippen molar-refractivity contribution in [3.8, 4) is 0 Å². The van der Waals surface area contributed by atoms with Crippen molar-refractivity contribution in [3.63, 3.8) is 0 Å². The van der Waals surface area contributed by atoms with Crippen LogP contribution in [0.2, 0.25) is 0 Å². The van der Waals surface area contributed by atoms with Gasteiger partial charge in [0.15, 0.2) is 0 Å². The second kappa shape index (κ2) is 5.58. The van der Waals surface area contributed by atoms with Gasteiger partial charge >= 0.3 is 0 Å². The molecule has 0 spiro atoms. The number of fused-ring (bicyclic) bond motifs is 1. The van der Waals surface area contributed by atoms with Crippen LogP contribution in [0.3, 0.4) is 0 Å². The lowest BCUT2D eigenvalue weighted by atomic mass is 10.2. The molecule has 0 amide bonds. The molecule has 0 radical (unpaired) electrons. The molecular weight excluding hydrogens is 278 g/mol. The van der Waals surface area contributed by atoms with E-state index >= 15 is 0 Å². The SMILES string of the molecule is Cc1nc2ncnn2c(NCC2CSCCS2)c1C. The Bertz CT molecular complexity index is 577. The zero-order valence-electron chi connectivity index (χ0n) is 11.1. The number of rotatable bonds is 3. The average Bonchev–Trinajstić information content (AvgIpc) is 2.88. The Morgan fingerprint density at radius 2 is 2.32 bits per heavy atom.